The van der Waals surface area contributed by atoms with Crippen LogP contribution in [0.2, 0.25) is 5.15 Å². The maximum absolute atomic E-state index is 13.6. The number of aromatic nitrogens is 1. The fraction of sp³-hybridized carbons (Fsp3) is 0.440. The summed E-state index contributed by atoms with van der Waals surface area (Å²) in [5.41, 5.74) is 6.57. The normalized spacial score (nSPS) is 22.4. The first-order valence-corrected chi connectivity index (χ1v) is 12.2. The van der Waals surface area contributed by atoms with E-state index in [-0.39, 0.29) is 28.7 Å². The largest absolute Gasteiger partial charge is 0.497 e. The third-order valence-corrected chi connectivity index (χ3v) is 6.87. The zero-order valence-corrected chi connectivity index (χ0v) is 20.4. The van der Waals surface area contributed by atoms with Gasteiger partial charge in [-0.2, -0.15) is 0 Å². The van der Waals surface area contributed by atoms with Crippen LogP contribution < -0.4 is 15.8 Å². The number of hydrogen-bond acceptors (Lipinski definition) is 6. The van der Waals surface area contributed by atoms with Gasteiger partial charge in [-0.05, 0) is 62.4 Å². The number of ether oxygens (including phenoxy) is 1. The molecular weight excluding hydrogens is 470 g/mol. The highest BCUT2D eigenvalue weighted by Crippen LogP contribution is 2.25. The minimum Gasteiger partial charge on any atom is -0.497 e. The summed E-state index contributed by atoms with van der Waals surface area (Å²) in [6.07, 6.45) is 4.03. The molecule has 3 amide bonds. The van der Waals surface area contributed by atoms with E-state index in [2.05, 4.69) is 10.3 Å². The van der Waals surface area contributed by atoms with Gasteiger partial charge in [-0.1, -0.05) is 17.7 Å². The number of carbonyl (C=O) groups excluding carboxylic acids is 3. The third kappa shape index (κ3) is 5.57. The standard InChI is InChI=1S/C25H30ClN5O4/c1-35-19-6-2-5-16(15-19)24(33)30-13-4-14-31(25(34)20-7-3-12-28-21(20)26)23(30)22(32)29-18-10-8-17(27)9-11-18/h2-3,5-7,12,15,17-18,23H,4,8-11,13-14,27H2,1H3,(H,29,32). The predicted molar refractivity (Wildman–Crippen MR) is 131 cm³/mol. The highest BCUT2D eigenvalue weighted by Gasteiger charge is 2.42. The van der Waals surface area contributed by atoms with Gasteiger partial charge >= 0.3 is 0 Å². The van der Waals surface area contributed by atoms with Crippen molar-refractivity contribution < 1.29 is 19.1 Å². The lowest BCUT2D eigenvalue weighted by molar-refractivity contribution is -0.133. The van der Waals surface area contributed by atoms with Gasteiger partial charge in [0.25, 0.3) is 17.7 Å². The Morgan fingerprint density at radius 1 is 1.06 bits per heavy atom. The van der Waals surface area contributed by atoms with Crippen LogP contribution in [0.3, 0.4) is 0 Å². The van der Waals surface area contributed by atoms with Crippen molar-refractivity contribution in [2.75, 3.05) is 20.2 Å². The quantitative estimate of drug-likeness (QED) is 0.610. The summed E-state index contributed by atoms with van der Waals surface area (Å²) in [6, 6.07) is 10.0. The summed E-state index contributed by atoms with van der Waals surface area (Å²) in [4.78, 5) is 47.6. The second kappa shape index (κ2) is 11.0. The van der Waals surface area contributed by atoms with Crippen molar-refractivity contribution in [1.29, 1.82) is 0 Å². The smallest absolute Gasteiger partial charge is 0.264 e. The van der Waals surface area contributed by atoms with E-state index in [1.54, 1.807) is 36.4 Å². The first kappa shape index (κ1) is 24.9. The SMILES string of the molecule is COc1cccc(C(=O)N2CCCN(C(=O)c3cccnc3Cl)C2C(=O)NC2CCC(N)CC2)c1. The van der Waals surface area contributed by atoms with Crippen LogP contribution in [0, 0.1) is 0 Å². The van der Waals surface area contributed by atoms with E-state index in [0.717, 1.165) is 25.7 Å². The molecule has 1 aromatic heterocycles. The van der Waals surface area contributed by atoms with Gasteiger partial charge in [0.1, 0.15) is 10.9 Å². The number of pyridine rings is 1. The second-order valence-corrected chi connectivity index (χ2v) is 9.28. The van der Waals surface area contributed by atoms with Crippen LogP contribution in [0.25, 0.3) is 0 Å². The average Bonchev–Trinajstić information content (AvgIpc) is 2.89. The van der Waals surface area contributed by atoms with Crippen LogP contribution in [0.5, 0.6) is 5.75 Å². The maximum Gasteiger partial charge on any atom is 0.264 e. The summed E-state index contributed by atoms with van der Waals surface area (Å²) < 4.78 is 5.26. The molecule has 1 aliphatic heterocycles. The van der Waals surface area contributed by atoms with Gasteiger partial charge in [-0.25, -0.2) is 4.98 Å². The van der Waals surface area contributed by atoms with E-state index in [4.69, 9.17) is 22.1 Å². The number of halogens is 1. The topological polar surface area (TPSA) is 118 Å². The highest BCUT2D eigenvalue weighted by molar-refractivity contribution is 6.32. The van der Waals surface area contributed by atoms with Crippen molar-refractivity contribution >= 4 is 29.3 Å². The molecule has 10 heteroatoms. The van der Waals surface area contributed by atoms with Crippen LogP contribution in [0.4, 0.5) is 0 Å². The number of carbonyl (C=O) groups is 3. The molecule has 0 bridgehead atoms. The van der Waals surface area contributed by atoms with Gasteiger partial charge in [0.2, 0.25) is 0 Å². The second-order valence-electron chi connectivity index (χ2n) is 8.92. The molecule has 1 saturated heterocycles. The molecule has 2 fully saturated rings. The third-order valence-electron chi connectivity index (χ3n) is 6.57. The summed E-state index contributed by atoms with van der Waals surface area (Å²) in [5.74, 6) is -0.668. The molecule has 1 aromatic carbocycles. The monoisotopic (exact) mass is 499 g/mol. The van der Waals surface area contributed by atoms with E-state index in [1.807, 2.05) is 0 Å². The zero-order valence-electron chi connectivity index (χ0n) is 19.7. The molecule has 4 rings (SSSR count). The molecule has 1 saturated carbocycles. The molecule has 186 valence electrons. The molecule has 0 spiro atoms. The summed E-state index contributed by atoms with van der Waals surface area (Å²) in [5, 5.41) is 3.11. The van der Waals surface area contributed by atoms with Gasteiger partial charge in [-0.15, -0.1) is 0 Å². The van der Waals surface area contributed by atoms with Crippen LogP contribution in [0.1, 0.15) is 52.8 Å². The number of nitrogens with two attached hydrogens (primary N) is 1. The van der Waals surface area contributed by atoms with Crippen molar-refractivity contribution in [3.63, 3.8) is 0 Å². The maximum atomic E-state index is 13.6. The van der Waals surface area contributed by atoms with E-state index in [1.165, 1.54) is 23.1 Å². The average molecular weight is 500 g/mol. The number of hydrogen-bond donors (Lipinski definition) is 2. The number of benzene rings is 1. The van der Waals surface area contributed by atoms with E-state index >= 15 is 0 Å². The van der Waals surface area contributed by atoms with E-state index < -0.39 is 18.0 Å². The van der Waals surface area contributed by atoms with Crippen LogP contribution in [-0.4, -0.2) is 71.0 Å². The van der Waals surface area contributed by atoms with Crippen molar-refractivity contribution in [2.45, 2.75) is 50.4 Å². The Morgan fingerprint density at radius 2 is 1.77 bits per heavy atom. The van der Waals surface area contributed by atoms with Crippen molar-refractivity contribution in [1.82, 2.24) is 20.1 Å². The summed E-state index contributed by atoms with van der Waals surface area (Å²) in [7, 11) is 1.52. The Morgan fingerprint density at radius 3 is 2.46 bits per heavy atom. The number of amides is 3. The number of nitrogens with zero attached hydrogens (tertiary/aromatic N) is 3. The van der Waals surface area contributed by atoms with Crippen LogP contribution in [0.15, 0.2) is 42.6 Å². The Bertz CT molecular complexity index is 1090. The molecule has 0 radical (unpaired) electrons. The summed E-state index contributed by atoms with van der Waals surface area (Å²) in [6.45, 7) is 0.633. The fourth-order valence-corrected chi connectivity index (χ4v) is 4.89. The Kier molecular flexibility index (Phi) is 7.87. The summed E-state index contributed by atoms with van der Waals surface area (Å²) >= 11 is 6.20. The van der Waals surface area contributed by atoms with Crippen molar-refractivity contribution in [2.24, 2.45) is 5.73 Å². The highest BCUT2D eigenvalue weighted by atomic mass is 35.5. The van der Waals surface area contributed by atoms with Crippen LogP contribution >= 0.6 is 11.6 Å². The van der Waals surface area contributed by atoms with E-state index in [9.17, 15) is 14.4 Å². The lowest BCUT2D eigenvalue weighted by atomic mass is 9.91. The Balaban J connectivity index is 1.65. The molecular formula is C25H30ClN5O4. The predicted octanol–water partition coefficient (Wildman–Crippen LogP) is 2.44. The molecule has 2 aliphatic rings. The minimum absolute atomic E-state index is 0.0502. The molecule has 9 nitrogen and oxygen atoms in total. The van der Waals surface area contributed by atoms with Gasteiger partial charge in [0.15, 0.2) is 6.17 Å². The molecule has 2 aromatic rings. The van der Waals surface area contributed by atoms with Crippen molar-refractivity contribution in [3.05, 3.63) is 58.9 Å². The molecule has 35 heavy (non-hydrogen) atoms. The number of methoxy groups -OCH3 is 1. The van der Waals surface area contributed by atoms with Gasteiger partial charge in [-0.3, -0.25) is 14.4 Å². The molecule has 3 N–H and O–H groups in total. The van der Waals surface area contributed by atoms with E-state index in [0.29, 0.717) is 30.8 Å². The van der Waals surface area contributed by atoms with Gasteiger partial charge < -0.3 is 25.6 Å². The minimum atomic E-state index is -1.12. The number of rotatable bonds is 5. The molecule has 2 heterocycles. The van der Waals surface area contributed by atoms with Gasteiger partial charge in [0, 0.05) is 36.9 Å². The zero-order chi connectivity index (χ0) is 24.9. The lowest BCUT2D eigenvalue weighted by Crippen LogP contribution is -2.64. The van der Waals surface area contributed by atoms with Crippen molar-refractivity contribution in [3.8, 4) is 5.75 Å². The van der Waals surface area contributed by atoms with Crippen LogP contribution in [-0.2, 0) is 4.79 Å². The van der Waals surface area contributed by atoms with Gasteiger partial charge in [0.05, 0.1) is 12.7 Å². The Labute approximate surface area is 209 Å². The Hall–Kier alpha value is -3.17. The molecule has 1 aliphatic carbocycles. The molecule has 1 atom stereocenters. The number of nitrogens with one attached hydrogen (secondary N) is 1. The first-order valence-electron chi connectivity index (χ1n) is 11.8. The molecule has 1 unspecified atom stereocenters. The fourth-order valence-electron chi connectivity index (χ4n) is 4.69. The lowest BCUT2D eigenvalue weighted by Gasteiger charge is -2.43. The first-order chi connectivity index (χ1) is 16.9.